The second-order valence-electron chi connectivity index (χ2n) is 6.19. The average molecular weight is 359 g/mol. The molecule has 2 atom stereocenters. The third-order valence-corrected chi connectivity index (χ3v) is 5.62. The molecule has 1 saturated carbocycles. The Bertz CT molecular complexity index is 663. The highest BCUT2D eigenvalue weighted by Gasteiger charge is 2.26. The fraction of sp³-hybridized carbons (Fsp3) is 0.562. The Hall–Kier alpha value is -1.27. The van der Waals surface area contributed by atoms with Crippen LogP contribution in [-0.2, 0) is 14.8 Å². The molecule has 0 aromatic heterocycles. The van der Waals surface area contributed by atoms with E-state index >= 15 is 0 Å². The number of halogens is 1. The monoisotopic (exact) mass is 358 g/mol. The van der Waals surface area contributed by atoms with Crippen LogP contribution in [0.2, 0.25) is 5.02 Å². The number of rotatable bonds is 5. The number of carbonyl (C=O) groups excluding carboxylic acids is 1. The summed E-state index contributed by atoms with van der Waals surface area (Å²) in [4.78, 5) is 12.3. The van der Waals surface area contributed by atoms with Crippen LogP contribution in [0, 0.1) is 5.92 Å². The quantitative estimate of drug-likeness (QED) is 0.880. The normalized spacial score (nSPS) is 21.7. The summed E-state index contributed by atoms with van der Waals surface area (Å²) in [6, 6.07) is 6.62. The van der Waals surface area contributed by atoms with Gasteiger partial charge in [0.1, 0.15) is 6.54 Å². The molecule has 1 aliphatic carbocycles. The number of nitrogens with zero attached hydrogens (tertiary/aromatic N) is 1. The molecule has 0 spiro atoms. The molecule has 128 valence electrons. The zero-order chi connectivity index (χ0) is 17.0. The van der Waals surface area contributed by atoms with Gasteiger partial charge in [-0.3, -0.25) is 9.10 Å². The highest BCUT2D eigenvalue weighted by atomic mass is 35.5. The third kappa shape index (κ3) is 5.11. The molecule has 0 unspecified atom stereocenters. The first-order chi connectivity index (χ1) is 10.8. The van der Waals surface area contributed by atoms with Crippen molar-refractivity contribution in [3.63, 3.8) is 0 Å². The highest BCUT2D eigenvalue weighted by molar-refractivity contribution is 7.92. The molecule has 0 heterocycles. The smallest absolute Gasteiger partial charge is 0.241 e. The highest BCUT2D eigenvalue weighted by Crippen LogP contribution is 2.24. The van der Waals surface area contributed by atoms with Gasteiger partial charge in [0, 0.05) is 11.1 Å². The van der Waals surface area contributed by atoms with Crippen molar-refractivity contribution in [1.29, 1.82) is 0 Å². The molecule has 1 fully saturated rings. The van der Waals surface area contributed by atoms with Gasteiger partial charge in [-0.1, -0.05) is 37.4 Å². The average Bonchev–Trinajstić information content (AvgIpc) is 2.46. The summed E-state index contributed by atoms with van der Waals surface area (Å²) in [6.45, 7) is 1.89. The van der Waals surface area contributed by atoms with Gasteiger partial charge in [-0.15, -0.1) is 0 Å². The van der Waals surface area contributed by atoms with Crippen LogP contribution in [0.1, 0.15) is 32.6 Å². The molecule has 0 bridgehead atoms. The Balaban J connectivity index is 2.10. The van der Waals surface area contributed by atoms with Crippen LogP contribution in [0.5, 0.6) is 0 Å². The third-order valence-electron chi connectivity index (χ3n) is 4.24. The number of benzene rings is 1. The maximum Gasteiger partial charge on any atom is 0.241 e. The number of hydrogen-bond donors (Lipinski definition) is 1. The number of carbonyl (C=O) groups is 1. The Morgan fingerprint density at radius 2 is 2.04 bits per heavy atom. The minimum atomic E-state index is -3.57. The lowest BCUT2D eigenvalue weighted by atomic mass is 9.86. The van der Waals surface area contributed by atoms with Gasteiger partial charge in [-0.25, -0.2) is 8.42 Å². The molecule has 7 heteroatoms. The van der Waals surface area contributed by atoms with E-state index in [0.29, 0.717) is 16.6 Å². The molecule has 1 amide bonds. The van der Waals surface area contributed by atoms with Crippen molar-refractivity contribution in [2.24, 2.45) is 5.92 Å². The van der Waals surface area contributed by atoms with Crippen molar-refractivity contribution in [1.82, 2.24) is 5.32 Å². The lowest BCUT2D eigenvalue weighted by Crippen LogP contribution is -2.47. The summed E-state index contributed by atoms with van der Waals surface area (Å²) in [5, 5.41) is 3.41. The van der Waals surface area contributed by atoms with E-state index in [1.54, 1.807) is 24.3 Å². The van der Waals surface area contributed by atoms with E-state index in [1.165, 1.54) is 6.42 Å². The molecule has 1 N–H and O–H groups in total. The van der Waals surface area contributed by atoms with Crippen LogP contribution in [0.25, 0.3) is 0 Å². The van der Waals surface area contributed by atoms with Crippen molar-refractivity contribution in [3.8, 4) is 0 Å². The van der Waals surface area contributed by atoms with Crippen molar-refractivity contribution in [2.45, 2.75) is 38.6 Å². The molecular weight excluding hydrogens is 336 g/mol. The minimum absolute atomic E-state index is 0.122. The molecule has 5 nitrogen and oxygen atoms in total. The van der Waals surface area contributed by atoms with Gasteiger partial charge in [0.25, 0.3) is 0 Å². The molecule has 1 aromatic carbocycles. The van der Waals surface area contributed by atoms with E-state index in [9.17, 15) is 13.2 Å². The summed E-state index contributed by atoms with van der Waals surface area (Å²) in [5.41, 5.74) is 0.395. The number of sulfonamides is 1. The predicted molar refractivity (Wildman–Crippen MR) is 93.2 cm³/mol. The summed E-state index contributed by atoms with van der Waals surface area (Å²) in [7, 11) is -3.57. The number of nitrogens with one attached hydrogen (secondary N) is 1. The lowest BCUT2D eigenvalue weighted by molar-refractivity contribution is -0.120. The summed E-state index contributed by atoms with van der Waals surface area (Å²) in [6.07, 6.45) is 5.41. The van der Waals surface area contributed by atoms with Gasteiger partial charge in [-0.2, -0.15) is 0 Å². The van der Waals surface area contributed by atoms with E-state index in [4.69, 9.17) is 11.6 Å². The van der Waals surface area contributed by atoms with Crippen molar-refractivity contribution in [3.05, 3.63) is 29.3 Å². The van der Waals surface area contributed by atoms with E-state index < -0.39 is 10.0 Å². The maximum absolute atomic E-state index is 12.3. The van der Waals surface area contributed by atoms with Crippen LogP contribution < -0.4 is 9.62 Å². The molecule has 23 heavy (non-hydrogen) atoms. The van der Waals surface area contributed by atoms with Gasteiger partial charge in [-0.05, 0) is 37.0 Å². The van der Waals surface area contributed by atoms with Gasteiger partial charge >= 0.3 is 0 Å². The van der Waals surface area contributed by atoms with Crippen molar-refractivity contribution < 1.29 is 13.2 Å². The molecule has 2 rings (SSSR count). The predicted octanol–water partition coefficient (Wildman–Crippen LogP) is 2.80. The van der Waals surface area contributed by atoms with Gasteiger partial charge < -0.3 is 5.32 Å². The Morgan fingerprint density at radius 3 is 2.65 bits per heavy atom. The van der Waals surface area contributed by atoms with Gasteiger partial charge in [0.15, 0.2) is 0 Å². The SMILES string of the molecule is C[C@@H]1CCCC[C@@H]1NC(=O)CN(c1cccc(Cl)c1)S(C)(=O)=O. The fourth-order valence-electron chi connectivity index (χ4n) is 2.94. The standard InChI is InChI=1S/C16H23ClN2O3S/c1-12-6-3-4-9-15(12)18-16(20)11-19(23(2,21)22)14-8-5-7-13(17)10-14/h5,7-8,10,12,15H,3-4,6,9,11H2,1-2H3,(H,18,20)/t12-,15+/m1/s1. The van der Waals surface area contributed by atoms with Crippen LogP contribution in [-0.4, -0.2) is 33.2 Å². The van der Waals surface area contributed by atoms with Crippen LogP contribution in [0.4, 0.5) is 5.69 Å². The first-order valence-corrected chi connectivity index (χ1v) is 10.0. The topological polar surface area (TPSA) is 66.5 Å². The number of anilines is 1. The van der Waals surface area contributed by atoms with Crippen molar-refractivity contribution in [2.75, 3.05) is 17.1 Å². The Kier molecular flexibility index (Phi) is 5.92. The molecular formula is C16H23ClN2O3S. The largest absolute Gasteiger partial charge is 0.352 e. The second-order valence-corrected chi connectivity index (χ2v) is 8.53. The second kappa shape index (κ2) is 7.53. The zero-order valence-corrected chi connectivity index (χ0v) is 15.0. The Morgan fingerprint density at radius 1 is 1.35 bits per heavy atom. The van der Waals surface area contributed by atoms with Crippen LogP contribution in [0.15, 0.2) is 24.3 Å². The maximum atomic E-state index is 12.3. The molecule has 0 saturated heterocycles. The van der Waals surface area contributed by atoms with Gasteiger partial charge in [0.2, 0.25) is 15.9 Å². The van der Waals surface area contributed by atoms with E-state index in [0.717, 1.165) is 29.8 Å². The summed E-state index contributed by atoms with van der Waals surface area (Å²) >= 11 is 5.93. The molecule has 1 aromatic rings. The fourth-order valence-corrected chi connectivity index (χ4v) is 3.98. The van der Waals surface area contributed by atoms with Gasteiger partial charge in [0.05, 0.1) is 11.9 Å². The lowest BCUT2D eigenvalue weighted by Gasteiger charge is -2.30. The van der Waals surface area contributed by atoms with Crippen LogP contribution >= 0.6 is 11.6 Å². The van der Waals surface area contributed by atoms with Crippen LogP contribution in [0.3, 0.4) is 0 Å². The van der Waals surface area contributed by atoms with E-state index in [2.05, 4.69) is 12.2 Å². The summed E-state index contributed by atoms with van der Waals surface area (Å²) in [5.74, 6) is 0.139. The molecule has 0 radical (unpaired) electrons. The van der Waals surface area contributed by atoms with E-state index in [1.807, 2.05) is 0 Å². The Labute approximate surface area is 143 Å². The molecule has 0 aliphatic heterocycles. The summed E-state index contributed by atoms with van der Waals surface area (Å²) < 4.78 is 25.2. The first kappa shape index (κ1) is 18.1. The van der Waals surface area contributed by atoms with Crippen molar-refractivity contribution >= 4 is 33.2 Å². The number of amides is 1. The zero-order valence-electron chi connectivity index (χ0n) is 13.5. The minimum Gasteiger partial charge on any atom is -0.352 e. The molecule has 1 aliphatic rings. The van der Waals surface area contributed by atoms with E-state index in [-0.39, 0.29) is 18.5 Å². The first-order valence-electron chi connectivity index (χ1n) is 7.80. The number of hydrogen-bond acceptors (Lipinski definition) is 3.